The van der Waals surface area contributed by atoms with Crippen molar-refractivity contribution in [3.63, 3.8) is 0 Å². The van der Waals surface area contributed by atoms with Crippen LogP contribution in [0.4, 0.5) is 10.3 Å². The number of hydrogen-bond acceptors (Lipinski definition) is 7. The standard InChI is InChI=1S/C16H24FN7O/c1-22-4-6-23(7-5-22)15(25)14-12-10-24(3-2-13(12)20-21-14)16-18-8-11(17)9-19-16/h8-9,12-14,20-21H,2-7,10H2,1H3. The van der Waals surface area contributed by atoms with Gasteiger partial charge in [0.15, 0.2) is 5.82 Å². The molecule has 0 aromatic carbocycles. The van der Waals surface area contributed by atoms with Crippen molar-refractivity contribution >= 4 is 11.9 Å². The van der Waals surface area contributed by atoms with Gasteiger partial charge in [-0.15, -0.1) is 0 Å². The summed E-state index contributed by atoms with van der Waals surface area (Å²) in [6.45, 7) is 4.84. The number of likely N-dealkylation sites (N-methyl/N-ethyl adjacent to an activating group) is 1. The van der Waals surface area contributed by atoms with Crippen molar-refractivity contribution < 1.29 is 9.18 Å². The molecule has 3 unspecified atom stereocenters. The third-order valence-corrected chi connectivity index (χ3v) is 5.48. The van der Waals surface area contributed by atoms with Crippen molar-refractivity contribution in [3.05, 3.63) is 18.2 Å². The van der Waals surface area contributed by atoms with Crippen LogP contribution in [0.1, 0.15) is 6.42 Å². The molecule has 8 nitrogen and oxygen atoms in total. The number of anilines is 1. The summed E-state index contributed by atoms with van der Waals surface area (Å²) >= 11 is 0. The molecule has 0 spiro atoms. The molecule has 0 radical (unpaired) electrons. The summed E-state index contributed by atoms with van der Waals surface area (Å²) in [5.41, 5.74) is 6.49. The number of fused-ring (bicyclic) bond motifs is 1. The summed E-state index contributed by atoms with van der Waals surface area (Å²) in [6, 6.07) is 0.0229. The number of aromatic nitrogens is 2. The van der Waals surface area contributed by atoms with Crippen LogP contribution in [0.2, 0.25) is 0 Å². The van der Waals surface area contributed by atoms with Crippen molar-refractivity contribution in [2.24, 2.45) is 5.92 Å². The molecule has 0 aliphatic carbocycles. The highest BCUT2D eigenvalue weighted by molar-refractivity contribution is 5.83. The Labute approximate surface area is 146 Å². The fourth-order valence-corrected chi connectivity index (χ4v) is 3.92. The van der Waals surface area contributed by atoms with Crippen LogP contribution in [0, 0.1) is 11.7 Å². The Morgan fingerprint density at radius 3 is 2.60 bits per heavy atom. The van der Waals surface area contributed by atoms with E-state index in [2.05, 4.69) is 32.8 Å². The summed E-state index contributed by atoms with van der Waals surface area (Å²) in [6.07, 6.45) is 3.27. The van der Waals surface area contributed by atoms with Gasteiger partial charge < -0.3 is 14.7 Å². The lowest BCUT2D eigenvalue weighted by atomic mass is 9.87. The molecule has 3 aliphatic rings. The lowest BCUT2D eigenvalue weighted by Crippen LogP contribution is -2.55. The van der Waals surface area contributed by atoms with Gasteiger partial charge >= 0.3 is 0 Å². The first-order valence-electron chi connectivity index (χ1n) is 8.83. The number of carbonyl (C=O) groups excluding carboxylic acids is 1. The van der Waals surface area contributed by atoms with Gasteiger partial charge in [-0.3, -0.25) is 10.2 Å². The monoisotopic (exact) mass is 349 g/mol. The molecule has 0 bridgehead atoms. The van der Waals surface area contributed by atoms with E-state index in [9.17, 15) is 9.18 Å². The van der Waals surface area contributed by atoms with Crippen molar-refractivity contribution in [3.8, 4) is 0 Å². The zero-order valence-electron chi connectivity index (χ0n) is 14.4. The molecule has 9 heteroatoms. The van der Waals surface area contributed by atoms with Gasteiger partial charge in [0.25, 0.3) is 0 Å². The summed E-state index contributed by atoms with van der Waals surface area (Å²) in [7, 11) is 2.08. The van der Waals surface area contributed by atoms with Crippen LogP contribution in [0.3, 0.4) is 0 Å². The average Bonchev–Trinajstić information content (AvgIpc) is 3.05. The van der Waals surface area contributed by atoms with Gasteiger partial charge in [-0.05, 0) is 13.5 Å². The highest BCUT2D eigenvalue weighted by Gasteiger charge is 2.45. The molecule has 1 aromatic rings. The molecule has 3 atom stereocenters. The summed E-state index contributed by atoms with van der Waals surface area (Å²) < 4.78 is 13.1. The minimum Gasteiger partial charge on any atom is -0.340 e. The third-order valence-electron chi connectivity index (χ3n) is 5.48. The fraction of sp³-hybridized carbons (Fsp3) is 0.688. The molecule has 3 saturated heterocycles. The van der Waals surface area contributed by atoms with E-state index < -0.39 is 5.82 Å². The van der Waals surface area contributed by atoms with Crippen LogP contribution in [-0.4, -0.2) is 84.1 Å². The van der Waals surface area contributed by atoms with Crippen LogP contribution in [-0.2, 0) is 4.79 Å². The van der Waals surface area contributed by atoms with Crippen molar-refractivity contribution in [2.45, 2.75) is 18.5 Å². The number of piperidine rings is 1. The molecule has 1 aromatic heterocycles. The normalized spacial score (nSPS) is 30.4. The number of amides is 1. The largest absolute Gasteiger partial charge is 0.340 e. The van der Waals surface area contributed by atoms with Crippen LogP contribution in [0.25, 0.3) is 0 Å². The maximum absolute atomic E-state index is 13.1. The van der Waals surface area contributed by atoms with E-state index >= 15 is 0 Å². The van der Waals surface area contributed by atoms with Crippen LogP contribution in [0.15, 0.2) is 12.4 Å². The van der Waals surface area contributed by atoms with Gasteiger partial charge in [0, 0.05) is 51.2 Å². The van der Waals surface area contributed by atoms with E-state index in [1.54, 1.807) is 0 Å². The number of piperazine rings is 1. The van der Waals surface area contributed by atoms with Crippen molar-refractivity contribution in [2.75, 3.05) is 51.2 Å². The summed E-state index contributed by atoms with van der Waals surface area (Å²) in [4.78, 5) is 27.4. The van der Waals surface area contributed by atoms with Gasteiger partial charge in [-0.2, -0.15) is 0 Å². The Bertz CT molecular complexity index is 619. The second kappa shape index (κ2) is 6.81. The zero-order valence-corrected chi connectivity index (χ0v) is 14.4. The second-order valence-corrected chi connectivity index (χ2v) is 7.10. The SMILES string of the molecule is CN1CCN(C(=O)C2NNC3CCN(c4ncc(F)cn4)CC32)CC1. The molecule has 136 valence electrons. The number of rotatable bonds is 2. The van der Waals surface area contributed by atoms with Crippen molar-refractivity contribution in [1.82, 2.24) is 30.6 Å². The minimum absolute atomic E-state index is 0.148. The minimum atomic E-state index is -0.439. The van der Waals surface area contributed by atoms with Gasteiger partial charge in [0.1, 0.15) is 6.04 Å². The van der Waals surface area contributed by atoms with E-state index in [0.717, 1.165) is 39.1 Å². The van der Waals surface area contributed by atoms with Crippen LogP contribution < -0.4 is 15.8 Å². The van der Waals surface area contributed by atoms with Crippen LogP contribution >= 0.6 is 0 Å². The first kappa shape index (κ1) is 16.6. The van der Waals surface area contributed by atoms with Gasteiger partial charge in [-0.1, -0.05) is 0 Å². The first-order valence-corrected chi connectivity index (χ1v) is 8.83. The van der Waals surface area contributed by atoms with E-state index in [1.165, 1.54) is 12.4 Å². The number of halogens is 1. The lowest BCUT2D eigenvalue weighted by molar-refractivity contribution is -0.135. The zero-order chi connectivity index (χ0) is 17.4. The van der Waals surface area contributed by atoms with Crippen molar-refractivity contribution in [1.29, 1.82) is 0 Å². The van der Waals surface area contributed by atoms with E-state index in [1.807, 2.05) is 9.80 Å². The van der Waals surface area contributed by atoms with Gasteiger partial charge in [0.2, 0.25) is 11.9 Å². The average molecular weight is 349 g/mol. The Morgan fingerprint density at radius 1 is 1.16 bits per heavy atom. The topological polar surface area (TPSA) is 76.6 Å². The van der Waals surface area contributed by atoms with E-state index in [0.29, 0.717) is 12.5 Å². The number of hydrogen-bond donors (Lipinski definition) is 2. The number of nitrogens with one attached hydrogen (secondary N) is 2. The maximum Gasteiger partial charge on any atom is 0.241 e. The molecule has 25 heavy (non-hydrogen) atoms. The van der Waals surface area contributed by atoms with E-state index in [-0.39, 0.29) is 23.9 Å². The van der Waals surface area contributed by atoms with Crippen LogP contribution in [0.5, 0.6) is 0 Å². The fourth-order valence-electron chi connectivity index (χ4n) is 3.92. The highest BCUT2D eigenvalue weighted by Crippen LogP contribution is 2.27. The Balaban J connectivity index is 1.44. The lowest BCUT2D eigenvalue weighted by Gasteiger charge is -2.38. The molecule has 1 amide bonds. The van der Waals surface area contributed by atoms with Gasteiger partial charge in [0.05, 0.1) is 12.4 Å². The predicted molar refractivity (Wildman–Crippen MR) is 90.2 cm³/mol. The third kappa shape index (κ3) is 3.31. The Morgan fingerprint density at radius 2 is 1.88 bits per heavy atom. The molecule has 2 N–H and O–H groups in total. The molecule has 4 heterocycles. The quantitative estimate of drug-likeness (QED) is 0.714. The number of hydrazine groups is 1. The molecule has 3 aliphatic heterocycles. The summed E-state index contributed by atoms with van der Waals surface area (Å²) in [5, 5.41) is 0. The smallest absolute Gasteiger partial charge is 0.241 e. The first-order chi connectivity index (χ1) is 12.1. The highest BCUT2D eigenvalue weighted by atomic mass is 19.1. The molecule has 3 fully saturated rings. The maximum atomic E-state index is 13.1. The molecular formula is C16H24FN7O. The number of nitrogens with zero attached hydrogens (tertiary/aromatic N) is 5. The Hall–Kier alpha value is -1.84. The molecular weight excluding hydrogens is 325 g/mol. The van der Waals surface area contributed by atoms with E-state index in [4.69, 9.17) is 0 Å². The molecule has 0 saturated carbocycles. The Kier molecular flexibility index (Phi) is 4.53. The van der Waals surface area contributed by atoms with Gasteiger partial charge in [-0.25, -0.2) is 19.8 Å². The predicted octanol–water partition coefficient (Wildman–Crippen LogP) is -0.939. The summed E-state index contributed by atoms with van der Waals surface area (Å²) in [5.74, 6) is 0.396. The second-order valence-electron chi connectivity index (χ2n) is 7.10. The molecule has 4 rings (SSSR count). The number of carbonyl (C=O) groups is 1.